The molecule has 0 saturated heterocycles. The quantitative estimate of drug-likeness (QED) is 0.276. The molecule has 158 valence electrons. The predicted octanol–water partition coefficient (Wildman–Crippen LogP) is 7.75. The third kappa shape index (κ3) is 4.94. The van der Waals surface area contributed by atoms with Crippen molar-refractivity contribution in [3.63, 3.8) is 0 Å². The van der Waals surface area contributed by atoms with E-state index in [9.17, 15) is 0 Å². The predicted molar refractivity (Wildman–Crippen MR) is 137 cm³/mol. The molecular weight excluding hydrogens is 458 g/mol. The minimum Gasteiger partial charge on any atom is -0.208 e. The highest BCUT2D eigenvalue weighted by Crippen LogP contribution is 2.28. The van der Waals surface area contributed by atoms with Gasteiger partial charge >= 0.3 is 0 Å². The molecule has 2 aromatic carbocycles. The van der Waals surface area contributed by atoms with Gasteiger partial charge in [-0.15, -0.1) is 5.73 Å². The smallest absolute Gasteiger partial charge is 0.164 e. The van der Waals surface area contributed by atoms with Crippen LogP contribution in [0.25, 0.3) is 33.9 Å². The highest BCUT2D eigenvalue weighted by molar-refractivity contribution is 9.10. The second-order valence-corrected chi connectivity index (χ2v) is 8.55. The van der Waals surface area contributed by atoms with Crippen LogP contribution in [-0.2, 0) is 0 Å². The van der Waals surface area contributed by atoms with E-state index in [4.69, 9.17) is 15.0 Å². The van der Waals surface area contributed by atoms with Crippen LogP contribution in [0.4, 0.5) is 0 Å². The van der Waals surface area contributed by atoms with Crippen molar-refractivity contribution in [3.05, 3.63) is 107 Å². The van der Waals surface area contributed by atoms with E-state index in [1.807, 2.05) is 25.1 Å². The summed E-state index contributed by atoms with van der Waals surface area (Å²) >= 11 is 3.59. The van der Waals surface area contributed by atoms with E-state index < -0.39 is 0 Å². The van der Waals surface area contributed by atoms with E-state index >= 15 is 0 Å². The fraction of sp³-hybridized carbons (Fsp3) is 0.143. The molecule has 0 radical (unpaired) electrons. The molecule has 1 aromatic heterocycles. The fourth-order valence-corrected chi connectivity index (χ4v) is 4.29. The summed E-state index contributed by atoms with van der Waals surface area (Å²) in [6.07, 6.45) is 12.6. The summed E-state index contributed by atoms with van der Waals surface area (Å²) in [5.41, 5.74) is 9.12. The number of hydrogen-bond acceptors (Lipinski definition) is 3. The van der Waals surface area contributed by atoms with Gasteiger partial charge in [0.15, 0.2) is 17.5 Å². The van der Waals surface area contributed by atoms with Crippen LogP contribution in [-0.4, -0.2) is 15.0 Å². The van der Waals surface area contributed by atoms with Crippen LogP contribution in [0.2, 0.25) is 0 Å². The molecule has 1 aliphatic rings. The Balaban J connectivity index is 1.89. The number of hydrogen-bond donors (Lipinski definition) is 0. The molecule has 0 aliphatic heterocycles. The van der Waals surface area contributed by atoms with Crippen molar-refractivity contribution in [2.75, 3.05) is 0 Å². The zero-order chi connectivity index (χ0) is 22.5. The highest BCUT2D eigenvalue weighted by Gasteiger charge is 2.14. The Morgan fingerprint density at radius 3 is 2.47 bits per heavy atom. The summed E-state index contributed by atoms with van der Waals surface area (Å²) in [5.74, 6) is 1.87. The van der Waals surface area contributed by atoms with Gasteiger partial charge in [-0.3, -0.25) is 0 Å². The van der Waals surface area contributed by atoms with Crippen LogP contribution >= 0.6 is 15.9 Å². The summed E-state index contributed by atoms with van der Waals surface area (Å²) in [6.45, 7) is 7.73. The largest absolute Gasteiger partial charge is 0.208 e. The van der Waals surface area contributed by atoms with Crippen molar-refractivity contribution in [1.82, 2.24) is 15.0 Å². The van der Waals surface area contributed by atoms with Crippen LogP contribution in [0.3, 0.4) is 0 Å². The first-order valence-corrected chi connectivity index (χ1v) is 11.4. The van der Waals surface area contributed by atoms with Crippen molar-refractivity contribution in [2.45, 2.75) is 26.7 Å². The van der Waals surface area contributed by atoms with Gasteiger partial charge in [0.1, 0.15) is 0 Å². The second kappa shape index (κ2) is 9.86. The highest BCUT2D eigenvalue weighted by atomic mass is 79.9. The lowest BCUT2D eigenvalue weighted by Gasteiger charge is -2.11. The third-order valence-corrected chi connectivity index (χ3v) is 5.67. The first-order valence-electron chi connectivity index (χ1n) is 10.6. The molecule has 3 aromatic rings. The molecule has 0 N–H and O–H groups in total. The van der Waals surface area contributed by atoms with E-state index in [0.29, 0.717) is 17.5 Å². The third-order valence-electron chi connectivity index (χ3n) is 5.21. The van der Waals surface area contributed by atoms with Gasteiger partial charge in [-0.05, 0) is 73.7 Å². The Bertz CT molecular complexity index is 1290. The van der Waals surface area contributed by atoms with E-state index in [1.165, 1.54) is 5.57 Å². The van der Waals surface area contributed by atoms with Crippen LogP contribution in [0, 0.1) is 6.92 Å². The van der Waals surface area contributed by atoms with Crippen LogP contribution in [0.5, 0.6) is 0 Å². The summed E-state index contributed by atoms with van der Waals surface area (Å²) in [4.78, 5) is 14.5. The first kappa shape index (κ1) is 21.9. The first-order chi connectivity index (χ1) is 15.6. The SMILES string of the molecule is C=C=C/C(=C\C)c1nc(-c2cc(C)cc(Br)c2)nc(-c2cccc(C3=CCCC=C3)c2)n1. The number of rotatable bonds is 5. The number of benzene rings is 2. The van der Waals surface area contributed by atoms with Crippen molar-refractivity contribution in [2.24, 2.45) is 0 Å². The van der Waals surface area contributed by atoms with E-state index in [0.717, 1.165) is 45.1 Å². The summed E-state index contributed by atoms with van der Waals surface area (Å²) in [5, 5.41) is 0. The van der Waals surface area contributed by atoms with E-state index in [-0.39, 0.29) is 0 Å². The molecule has 0 unspecified atom stereocenters. The number of halogens is 1. The maximum absolute atomic E-state index is 4.86. The summed E-state index contributed by atoms with van der Waals surface area (Å²) in [6, 6.07) is 14.6. The molecule has 32 heavy (non-hydrogen) atoms. The maximum atomic E-state index is 4.86. The summed E-state index contributed by atoms with van der Waals surface area (Å²) in [7, 11) is 0. The number of aryl methyl sites for hydroxylation is 1. The number of aromatic nitrogens is 3. The van der Waals surface area contributed by atoms with E-state index in [2.05, 4.69) is 83.7 Å². The molecule has 0 bridgehead atoms. The lowest BCUT2D eigenvalue weighted by molar-refractivity contribution is 1.03. The molecule has 0 atom stereocenters. The standard InChI is InChI=1S/C28H24BrN3/c1-4-10-20(5-2)26-30-27(32-28(31-26)24-15-19(3)16-25(29)18-24)23-14-9-13-22(17-23)21-11-7-6-8-12-21/h5,7,9-18H,1,6,8H2,2-3H3/b20-5+. The Hall–Kier alpha value is -3.33. The molecular formula is C28H24BrN3. The molecule has 4 rings (SSSR count). The molecule has 0 amide bonds. The fourth-order valence-electron chi connectivity index (χ4n) is 3.68. The van der Waals surface area contributed by atoms with Gasteiger partial charge in [0, 0.05) is 21.2 Å². The minimum atomic E-state index is 0.600. The lowest BCUT2D eigenvalue weighted by atomic mass is 9.98. The summed E-state index contributed by atoms with van der Waals surface area (Å²) < 4.78 is 0.992. The Labute approximate surface area is 197 Å². The normalized spacial score (nSPS) is 13.5. The number of allylic oxidation sites excluding steroid dienone is 7. The Morgan fingerprint density at radius 1 is 1.00 bits per heavy atom. The van der Waals surface area contributed by atoms with Gasteiger partial charge < -0.3 is 0 Å². The Morgan fingerprint density at radius 2 is 1.78 bits per heavy atom. The van der Waals surface area contributed by atoms with Crippen LogP contribution in [0.1, 0.15) is 36.7 Å². The van der Waals surface area contributed by atoms with Gasteiger partial charge in [-0.2, -0.15) is 0 Å². The van der Waals surface area contributed by atoms with Crippen molar-refractivity contribution >= 4 is 27.1 Å². The van der Waals surface area contributed by atoms with Crippen LogP contribution in [0.15, 0.2) is 89.6 Å². The molecule has 0 spiro atoms. The topological polar surface area (TPSA) is 38.7 Å². The lowest BCUT2D eigenvalue weighted by Crippen LogP contribution is -2.02. The Kier molecular flexibility index (Phi) is 6.75. The van der Waals surface area contributed by atoms with Gasteiger partial charge in [0.25, 0.3) is 0 Å². The molecule has 1 aliphatic carbocycles. The average molecular weight is 482 g/mol. The molecule has 1 heterocycles. The molecule has 3 nitrogen and oxygen atoms in total. The van der Waals surface area contributed by atoms with Gasteiger partial charge in [0.2, 0.25) is 0 Å². The van der Waals surface area contributed by atoms with Gasteiger partial charge in [-0.25, -0.2) is 15.0 Å². The average Bonchev–Trinajstić information content (AvgIpc) is 2.82. The van der Waals surface area contributed by atoms with Gasteiger partial charge in [-0.1, -0.05) is 65.0 Å². The molecule has 4 heteroatoms. The number of nitrogens with zero attached hydrogens (tertiary/aromatic N) is 3. The molecule has 0 saturated carbocycles. The minimum absolute atomic E-state index is 0.600. The molecule has 0 fully saturated rings. The van der Waals surface area contributed by atoms with Crippen LogP contribution < -0.4 is 0 Å². The van der Waals surface area contributed by atoms with E-state index in [1.54, 1.807) is 6.08 Å². The monoisotopic (exact) mass is 481 g/mol. The zero-order valence-electron chi connectivity index (χ0n) is 18.3. The maximum Gasteiger partial charge on any atom is 0.164 e. The second-order valence-electron chi connectivity index (χ2n) is 7.64. The van der Waals surface area contributed by atoms with Crippen molar-refractivity contribution < 1.29 is 0 Å². The van der Waals surface area contributed by atoms with Gasteiger partial charge in [0.05, 0.1) is 0 Å². The van der Waals surface area contributed by atoms with Crippen molar-refractivity contribution in [1.29, 1.82) is 0 Å². The zero-order valence-corrected chi connectivity index (χ0v) is 19.9. The van der Waals surface area contributed by atoms with Crippen molar-refractivity contribution in [3.8, 4) is 22.8 Å².